The number of ether oxygens (including phenoxy) is 1. The number of amides is 1. The molecule has 6 nitrogen and oxygen atoms in total. The minimum Gasteiger partial charge on any atom is -0.480 e. The lowest BCUT2D eigenvalue weighted by atomic mass is 9.91. The number of aliphatic carboxylic acids is 1. The largest absolute Gasteiger partial charge is 0.480 e. The molecule has 0 radical (unpaired) electrons. The van der Waals surface area contributed by atoms with Crippen molar-refractivity contribution in [2.24, 2.45) is 0 Å². The van der Waals surface area contributed by atoms with Crippen LogP contribution < -0.4 is 0 Å². The molecule has 2 atom stereocenters. The number of rotatable bonds is 6. The first-order valence-electron chi connectivity index (χ1n) is 11.1. The van der Waals surface area contributed by atoms with Crippen molar-refractivity contribution in [3.63, 3.8) is 0 Å². The van der Waals surface area contributed by atoms with Crippen molar-refractivity contribution in [2.45, 2.75) is 50.4 Å². The highest BCUT2D eigenvalue weighted by molar-refractivity contribution is 5.89. The standard InChI is InChI=1S/C25H30N2O4/c1-2-21(20-11-7-4-8-12-20)23(28)27-22(24(29)30)18-31-25(27)13-15-26(16-14-25)17-19-9-5-3-6-10-19/h3-12,21-22H,2,13-18H2,1H3,(H,29,30)/t21-,22-/m1/s1. The SMILES string of the molecule is CC[C@@H](C(=O)N1[C@@H](C(=O)O)COC12CCN(Cc1ccccc1)CC2)c1ccccc1. The lowest BCUT2D eigenvalue weighted by Crippen LogP contribution is -2.59. The molecular formula is C25H30N2O4. The van der Waals surface area contributed by atoms with Crippen LogP contribution in [-0.4, -0.2) is 58.2 Å². The van der Waals surface area contributed by atoms with Crippen molar-refractivity contribution >= 4 is 11.9 Å². The predicted molar refractivity (Wildman–Crippen MR) is 117 cm³/mol. The minimum atomic E-state index is -1.00. The number of carboxylic acid groups (broad SMARTS) is 1. The van der Waals surface area contributed by atoms with Gasteiger partial charge in [-0.15, -0.1) is 0 Å². The number of hydrogen-bond donors (Lipinski definition) is 1. The third-order valence-corrected chi connectivity index (χ3v) is 6.58. The smallest absolute Gasteiger partial charge is 0.328 e. The first-order valence-corrected chi connectivity index (χ1v) is 11.1. The summed E-state index contributed by atoms with van der Waals surface area (Å²) in [6.07, 6.45) is 1.84. The Morgan fingerprint density at radius 3 is 2.26 bits per heavy atom. The van der Waals surface area contributed by atoms with E-state index in [1.807, 2.05) is 55.5 Å². The molecule has 1 N–H and O–H groups in total. The molecule has 31 heavy (non-hydrogen) atoms. The van der Waals surface area contributed by atoms with Crippen molar-refractivity contribution < 1.29 is 19.4 Å². The van der Waals surface area contributed by atoms with Gasteiger partial charge in [0.2, 0.25) is 5.91 Å². The van der Waals surface area contributed by atoms with Crippen LogP contribution in [0.5, 0.6) is 0 Å². The van der Waals surface area contributed by atoms with Gasteiger partial charge in [0.25, 0.3) is 0 Å². The molecule has 164 valence electrons. The third kappa shape index (κ3) is 4.36. The van der Waals surface area contributed by atoms with Crippen LogP contribution in [0, 0.1) is 0 Å². The monoisotopic (exact) mass is 422 g/mol. The second-order valence-corrected chi connectivity index (χ2v) is 8.45. The topological polar surface area (TPSA) is 70.1 Å². The van der Waals surface area contributed by atoms with E-state index in [4.69, 9.17) is 4.74 Å². The molecule has 2 aliphatic rings. The number of likely N-dealkylation sites (tertiary alicyclic amines) is 1. The van der Waals surface area contributed by atoms with Crippen LogP contribution in [0.1, 0.15) is 43.2 Å². The van der Waals surface area contributed by atoms with E-state index >= 15 is 0 Å². The Morgan fingerprint density at radius 1 is 1.06 bits per heavy atom. The number of benzene rings is 2. The summed E-state index contributed by atoms with van der Waals surface area (Å²) in [5, 5.41) is 9.83. The van der Waals surface area contributed by atoms with Crippen molar-refractivity contribution in [1.29, 1.82) is 0 Å². The Morgan fingerprint density at radius 2 is 1.68 bits per heavy atom. The molecule has 2 aliphatic heterocycles. The average molecular weight is 423 g/mol. The lowest BCUT2D eigenvalue weighted by molar-refractivity contribution is -0.167. The maximum atomic E-state index is 13.7. The van der Waals surface area contributed by atoms with E-state index in [1.165, 1.54) is 5.56 Å². The number of nitrogens with zero attached hydrogens (tertiary/aromatic N) is 2. The molecule has 0 aromatic heterocycles. The molecule has 0 bridgehead atoms. The number of hydrogen-bond acceptors (Lipinski definition) is 4. The summed E-state index contributed by atoms with van der Waals surface area (Å²) < 4.78 is 6.12. The lowest BCUT2D eigenvalue weighted by Gasteiger charge is -2.45. The van der Waals surface area contributed by atoms with Crippen molar-refractivity contribution in [3.8, 4) is 0 Å². The zero-order chi connectivity index (χ0) is 21.8. The highest BCUT2D eigenvalue weighted by atomic mass is 16.5. The van der Waals surface area contributed by atoms with Crippen LogP contribution in [0.25, 0.3) is 0 Å². The molecule has 2 saturated heterocycles. The fourth-order valence-corrected chi connectivity index (χ4v) is 4.89. The van der Waals surface area contributed by atoms with Crippen LogP contribution in [-0.2, 0) is 20.9 Å². The molecule has 2 heterocycles. The van der Waals surface area contributed by atoms with Gasteiger partial charge in [-0.25, -0.2) is 4.79 Å². The highest BCUT2D eigenvalue weighted by Gasteiger charge is 2.54. The number of carboxylic acids is 1. The summed E-state index contributed by atoms with van der Waals surface area (Å²) in [6.45, 7) is 4.37. The maximum Gasteiger partial charge on any atom is 0.328 e. The predicted octanol–water partition coefficient (Wildman–Crippen LogP) is 3.48. The summed E-state index contributed by atoms with van der Waals surface area (Å²) in [6, 6.07) is 19.0. The van der Waals surface area contributed by atoms with E-state index in [-0.39, 0.29) is 18.4 Å². The van der Waals surface area contributed by atoms with Gasteiger partial charge in [-0.2, -0.15) is 0 Å². The second-order valence-electron chi connectivity index (χ2n) is 8.45. The van der Waals surface area contributed by atoms with E-state index in [1.54, 1.807) is 4.90 Å². The molecule has 2 aromatic carbocycles. The Labute approximate surface area is 183 Å². The van der Waals surface area contributed by atoms with Crippen LogP contribution in [0.4, 0.5) is 0 Å². The van der Waals surface area contributed by atoms with Crippen molar-refractivity contribution in [1.82, 2.24) is 9.80 Å². The molecule has 0 saturated carbocycles. The van der Waals surface area contributed by atoms with E-state index in [2.05, 4.69) is 17.0 Å². The van der Waals surface area contributed by atoms with E-state index in [9.17, 15) is 14.7 Å². The Hall–Kier alpha value is -2.70. The van der Waals surface area contributed by atoms with Gasteiger partial charge in [0.05, 0.1) is 12.5 Å². The highest BCUT2D eigenvalue weighted by Crippen LogP contribution is 2.40. The summed E-state index contributed by atoms with van der Waals surface area (Å²) in [4.78, 5) is 29.6. The molecule has 4 rings (SSSR count). The van der Waals surface area contributed by atoms with Gasteiger partial charge in [-0.3, -0.25) is 14.6 Å². The summed E-state index contributed by atoms with van der Waals surface area (Å²) in [7, 11) is 0. The van der Waals surface area contributed by atoms with Gasteiger partial charge in [0.1, 0.15) is 5.72 Å². The quantitative estimate of drug-likeness (QED) is 0.772. The van der Waals surface area contributed by atoms with E-state index < -0.39 is 17.7 Å². The zero-order valence-electron chi connectivity index (χ0n) is 17.9. The molecule has 1 spiro atoms. The first kappa shape index (κ1) is 21.5. The van der Waals surface area contributed by atoms with Crippen LogP contribution in [0.3, 0.4) is 0 Å². The van der Waals surface area contributed by atoms with Gasteiger partial charge in [0, 0.05) is 32.5 Å². The third-order valence-electron chi connectivity index (χ3n) is 6.58. The van der Waals surface area contributed by atoms with Crippen LogP contribution >= 0.6 is 0 Å². The number of piperidine rings is 1. The van der Waals surface area contributed by atoms with E-state index in [0.717, 1.165) is 25.2 Å². The van der Waals surface area contributed by atoms with Gasteiger partial charge in [-0.1, -0.05) is 67.6 Å². The molecule has 0 unspecified atom stereocenters. The number of carbonyl (C=O) groups is 2. The van der Waals surface area contributed by atoms with Crippen molar-refractivity contribution in [3.05, 3.63) is 71.8 Å². The first-order chi connectivity index (χ1) is 15.0. The number of carbonyl (C=O) groups excluding carboxylic acids is 1. The Kier molecular flexibility index (Phi) is 6.39. The van der Waals surface area contributed by atoms with Gasteiger partial charge >= 0.3 is 5.97 Å². The molecule has 2 aromatic rings. The fourth-order valence-electron chi connectivity index (χ4n) is 4.89. The molecular weight excluding hydrogens is 392 g/mol. The van der Waals surface area contributed by atoms with E-state index in [0.29, 0.717) is 19.3 Å². The summed E-state index contributed by atoms with van der Waals surface area (Å²) >= 11 is 0. The van der Waals surface area contributed by atoms with Gasteiger partial charge < -0.3 is 9.84 Å². The molecule has 2 fully saturated rings. The summed E-state index contributed by atoms with van der Waals surface area (Å²) in [5.41, 5.74) is 1.33. The van der Waals surface area contributed by atoms with Gasteiger partial charge in [-0.05, 0) is 17.5 Å². The normalized spacial score (nSPS) is 21.8. The van der Waals surface area contributed by atoms with Crippen molar-refractivity contribution in [2.75, 3.05) is 19.7 Å². The molecule has 1 amide bonds. The summed E-state index contributed by atoms with van der Waals surface area (Å²) in [5.74, 6) is -1.51. The van der Waals surface area contributed by atoms with Crippen LogP contribution in [0.2, 0.25) is 0 Å². The maximum absolute atomic E-state index is 13.7. The fraction of sp³-hybridized carbons (Fsp3) is 0.440. The Balaban J connectivity index is 1.54. The molecule has 0 aliphatic carbocycles. The van der Waals surface area contributed by atoms with Gasteiger partial charge in [0.15, 0.2) is 6.04 Å². The van der Waals surface area contributed by atoms with Crippen LogP contribution in [0.15, 0.2) is 60.7 Å². The average Bonchev–Trinajstić information content (AvgIpc) is 3.16. The Bertz CT molecular complexity index is 894. The second kappa shape index (κ2) is 9.20. The minimum absolute atomic E-state index is 0.0466. The molecule has 6 heteroatoms. The zero-order valence-corrected chi connectivity index (χ0v) is 17.9.